The predicted molar refractivity (Wildman–Crippen MR) is 90.5 cm³/mol. The molecule has 0 heterocycles. The third-order valence-electron chi connectivity index (χ3n) is 3.34. The summed E-state index contributed by atoms with van der Waals surface area (Å²) in [5.41, 5.74) is 14.5. The molecular formula is C16H21N5O2. The number of hydrogen-bond donors (Lipinski definition) is 4. The highest BCUT2D eigenvalue weighted by atomic mass is 16.7. The number of anilines is 2. The fourth-order valence-electron chi connectivity index (χ4n) is 2.07. The van der Waals surface area contributed by atoms with Crippen LogP contribution in [-0.4, -0.2) is 11.0 Å². The Kier molecular flexibility index (Phi) is 5.79. The molecule has 2 aromatic carbocycles. The number of nitrogen functional groups attached to an aromatic ring is 1. The molecule has 0 bridgehead atoms. The van der Waals surface area contributed by atoms with Crippen molar-refractivity contribution in [1.29, 1.82) is 0 Å². The minimum Gasteiger partial charge on any atom is -0.409 e. The van der Waals surface area contributed by atoms with Crippen LogP contribution in [0.3, 0.4) is 0 Å². The van der Waals surface area contributed by atoms with Gasteiger partial charge in [0.1, 0.15) is 18.1 Å². The Bertz CT molecular complexity index is 661. The van der Waals surface area contributed by atoms with Gasteiger partial charge in [-0.3, -0.25) is 4.84 Å². The SMILES string of the molecule is N/C(CCc1ccc(N(N)OCc2ccccc2)c(N)c1)=N\O. The zero-order valence-corrected chi connectivity index (χ0v) is 12.7. The molecule has 23 heavy (non-hydrogen) atoms. The van der Waals surface area contributed by atoms with E-state index in [1.165, 1.54) is 0 Å². The molecule has 7 nitrogen and oxygen atoms in total. The minimum absolute atomic E-state index is 0.180. The van der Waals surface area contributed by atoms with Crippen molar-refractivity contribution in [2.75, 3.05) is 10.9 Å². The molecule has 2 aromatic rings. The van der Waals surface area contributed by atoms with Gasteiger partial charge in [-0.2, -0.15) is 5.17 Å². The first-order valence-electron chi connectivity index (χ1n) is 7.16. The number of benzene rings is 2. The van der Waals surface area contributed by atoms with E-state index >= 15 is 0 Å². The molecule has 0 atom stereocenters. The van der Waals surface area contributed by atoms with E-state index in [-0.39, 0.29) is 5.84 Å². The van der Waals surface area contributed by atoms with Crippen LogP contribution in [-0.2, 0) is 17.9 Å². The summed E-state index contributed by atoms with van der Waals surface area (Å²) >= 11 is 0. The molecule has 0 radical (unpaired) electrons. The maximum Gasteiger partial charge on any atom is 0.139 e. The first-order chi connectivity index (χ1) is 11.1. The van der Waals surface area contributed by atoms with Crippen molar-refractivity contribution in [3.05, 3.63) is 59.7 Å². The Balaban J connectivity index is 1.96. The van der Waals surface area contributed by atoms with Crippen LogP contribution in [0.15, 0.2) is 53.7 Å². The molecule has 7 N–H and O–H groups in total. The van der Waals surface area contributed by atoms with Crippen LogP contribution in [0.25, 0.3) is 0 Å². The number of amidine groups is 1. The van der Waals surface area contributed by atoms with Gasteiger partial charge < -0.3 is 16.7 Å². The zero-order valence-electron chi connectivity index (χ0n) is 12.7. The van der Waals surface area contributed by atoms with E-state index < -0.39 is 0 Å². The van der Waals surface area contributed by atoms with E-state index in [0.717, 1.165) is 16.3 Å². The summed E-state index contributed by atoms with van der Waals surface area (Å²) in [5, 5.41) is 12.6. The quantitative estimate of drug-likeness (QED) is 0.154. The van der Waals surface area contributed by atoms with Gasteiger partial charge in [0.2, 0.25) is 0 Å². The monoisotopic (exact) mass is 315 g/mol. The number of nitrogens with two attached hydrogens (primary N) is 3. The fourth-order valence-corrected chi connectivity index (χ4v) is 2.07. The Labute approximate surface area is 134 Å². The molecule has 0 saturated heterocycles. The van der Waals surface area contributed by atoms with Crippen LogP contribution >= 0.6 is 0 Å². The molecule has 7 heteroatoms. The number of oxime groups is 1. The summed E-state index contributed by atoms with van der Waals surface area (Å²) in [4.78, 5) is 5.51. The summed E-state index contributed by atoms with van der Waals surface area (Å²) in [6.45, 7) is 0.349. The zero-order chi connectivity index (χ0) is 16.7. The van der Waals surface area contributed by atoms with Gasteiger partial charge in [0.15, 0.2) is 0 Å². The minimum atomic E-state index is 0.180. The highest BCUT2D eigenvalue weighted by molar-refractivity contribution is 5.80. The van der Waals surface area contributed by atoms with Gasteiger partial charge in [-0.1, -0.05) is 41.6 Å². The second-order valence-electron chi connectivity index (χ2n) is 5.07. The third-order valence-corrected chi connectivity index (χ3v) is 3.34. The normalized spacial score (nSPS) is 11.4. The van der Waals surface area contributed by atoms with Gasteiger partial charge in [0, 0.05) is 6.42 Å². The van der Waals surface area contributed by atoms with Crippen molar-refractivity contribution in [2.45, 2.75) is 19.4 Å². The van der Waals surface area contributed by atoms with Crippen LogP contribution in [0.1, 0.15) is 17.5 Å². The van der Waals surface area contributed by atoms with E-state index in [1.54, 1.807) is 12.1 Å². The second-order valence-corrected chi connectivity index (χ2v) is 5.07. The molecule has 0 aliphatic carbocycles. The van der Waals surface area contributed by atoms with E-state index in [0.29, 0.717) is 30.8 Å². The molecule has 122 valence electrons. The van der Waals surface area contributed by atoms with Gasteiger partial charge in [-0.25, -0.2) is 5.84 Å². The van der Waals surface area contributed by atoms with Gasteiger partial charge in [0.25, 0.3) is 0 Å². The Morgan fingerprint density at radius 1 is 1.13 bits per heavy atom. The Morgan fingerprint density at radius 2 is 1.87 bits per heavy atom. The summed E-state index contributed by atoms with van der Waals surface area (Å²) < 4.78 is 0. The fraction of sp³-hybridized carbons (Fsp3) is 0.188. The number of nitrogens with zero attached hydrogens (tertiary/aromatic N) is 2. The van der Waals surface area contributed by atoms with Crippen molar-refractivity contribution < 1.29 is 10.0 Å². The summed E-state index contributed by atoms with van der Waals surface area (Å²) in [5.74, 6) is 6.08. The number of aryl methyl sites for hydroxylation is 1. The van der Waals surface area contributed by atoms with Crippen molar-refractivity contribution >= 4 is 17.2 Å². The molecule has 0 fully saturated rings. The van der Waals surface area contributed by atoms with Gasteiger partial charge in [0.05, 0.1) is 5.69 Å². The first-order valence-corrected chi connectivity index (χ1v) is 7.16. The number of hydrogen-bond acceptors (Lipinski definition) is 6. The highest BCUT2D eigenvalue weighted by Crippen LogP contribution is 2.23. The molecule has 0 unspecified atom stereocenters. The Morgan fingerprint density at radius 3 is 2.52 bits per heavy atom. The summed E-state index contributed by atoms with van der Waals surface area (Å²) in [6, 6.07) is 15.2. The lowest BCUT2D eigenvalue weighted by atomic mass is 10.1. The maximum atomic E-state index is 8.54. The molecular weight excluding hydrogens is 294 g/mol. The molecule has 0 spiro atoms. The predicted octanol–water partition coefficient (Wildman–Crippen LogP) is 1.76. The van der Waals surface area contributed by atoms with E-state index in [1.807, 2.05) is 36.4 Å². The molecule has 0 amide bonds. The van der Waals surface area contributed by atoms with Gasteiger partial charge in [-0.05, 0) is 29.7 Å². The van der Waals surface area contributed by atoms with Crippen LogP contribution in [0.2, 0.25) is 0 Å². The van der Waals surface area contributed by atoms with E-state index in [2.05, 4.69) is 5.16 Å². The van der Waals surface area contributed by atoms with Gasteiger partial charge >= 0.3 is 0 Å². The van der Waals surface area contributed by atoms with Crippen LogP contribution in [0.4, 0.5) is 11.4 Å². The molecule has 2 rings (SSSR count). The number of hydrazine groups is 1. The van der Waals surface area contributed by atoms with Crippen LogP contribution in [0, 0.1) is 0 Å². The summed E-state index contributed by atoms with van der Waals surface area (Å²) in [7, 11) is 0. The van der Waals surface area contributed by atoms with Gasteiger partial charge in [-0.15, -0.1) is 0 Å². The lowest BCUT2D eigenvalue weighted by Crippen LogP contribution is -2.31. The molecule has 0 aromatic heterocycles. The van der Waals surface area contributed by atoms with Crippen LogP contribution < -0.4 is 22.5 Å². The lowest BCUT2D eigenvalue weighted by Gasteiger charge is -2.20. The van der Waals surface area contributed by atoms with Crippen molar-refractivity contribution in [1.82, 2.24) is 0 Å². The first kappa shape index (κ1) is 16.6. The third kappa shape index (κ3) is 4.87. The molecule has 0 aliphatic heterocycles. The average molecular weight is 315 g/mol. The van der Waals surface area contributed by atoms with E-state index in [9.17, 15) is 0 Å². The largest absolute Gasteiger partial charge is 0.409 e. The summed E-state index contributed by atoms with van der Waals surface area (Å²) in [6.07, 6.45) is 1.07. The molecule has 0 saturated carbocycles. The number of rotatable bonds is 7. The smallest absolute Gasteiger partial charge is 0.139 e. The average Bonchev–Trinajstić information content (AvgIpc) is 2.58. The molecule has 0 aliphatic rings. The maximum absolute atomic E-state index is 8.54. The van der Waals surface area contributed by atoms with Crippen molar-refractivity contribution in [3.8, 4) is 0 Å². The second kappa shape index (κ2) is 8.02. The Hall–Kier alpha value is -2.77. The van der Waals surface area contributed by atoms with Crippen LogP contribution in [0.5, 0.6) is 0 Å². The van der Waals surface area contributed by atoms with Crippen molar-refractivity contribution in [3.63, 3.8) is 0 Å². The standard InChI is InChI=1S/C16H21N5O2/c17-14-10-12(7-9-16(18)20-22)6-8-15(14)21(19)23-11-13-4-2-1-3-5-13/h1-6,8,10,22H,7,9,11,17,19H2,(H2,18,20). The van der Waals surface area contributed by atoms with Crippen molar-refractivity contribution in [2.24, 2.45) is 16.7 Å². The van der Waals surface area contributed by atoms with E-state index in [4.69, 9.17) is 27.4 Å². The lowest BCUT2D eigenvalue weighted by molar-refractivity contribution is 0.0951. The topological polar surface area (TPSA) is 123 Å². The highest BCUT2D eigenvalue weighted by Gasteiger charge is 2.08.